The second-order valence-corrected chi connectivity index (χ2v) is 5.29. The molecule has 0 aliphatic rings. The summed E-state index contributed by atoms with van der Waals surface area (Å²) in [6, 6.07) is 13.2. The topological polar surface area (TPSA) is 81.9 Å². The van der Waals surface area contributed by atoms with E-state index in [0.717, 1.165) is 11.3 Å². The highest BCUT2D eigenvalue weighted by atomic mass is 19.1. The van der Waals surface area contributed by atoms with Crippen molar-refractivity contribution in [3.63, 3.8) is 0 Å². The van der Waals surface area contributed by atoms with E-state index in [1.165, 1.54) is 16.8 Å². The Morgan fingerprint density at radius 2 is 2.04 bits per heavy atom. The summed E-state index contributed by atoms with van der Waals surface area (Å²) in [7, 11) is 1.59. The molecule has 0 saturated heterocycles. The highest BCUT2D eigenvalue weighted by molar-refractivity contribution is 5.78. The van der Waals surface area contributed by atoms with Crippen LogP contribution >= 0.6 is 0 Å². The van der Waals surface area contributed by atoms with Crippen LogP contribution in [0.1, 0.15) is 11.4 Å². The zero-order chi connectivity index (χ0) is 17.6. The van der Waals surface area contributed by atoms with E-state index in [4.69, 9.17) is 4.74 Å². The van der Waals surface area contributed by atoms with Crippen LogP contribution in [0.5, 0.6) is 5.75 Å². The predicted molar refractivity (Wildman–Crippen MR) is 87.7 cm³/mol. The molecular weight excluding hydrogens is 325 g/mol. The van der Waals surface area contributed by atoms with Crippen LogP contribution in [0.15, 0.2) is 48.5 Å². The van der Waals surface area contributed by atoms with Crippen molar-refractivity contribution in [2.75, 3.05) is 7.11 Å². The van der Waals surface area contributed by atoms with Gasteiger partial charge in [0.2, 0.25) is 5.91 Å². The van der Waals surface area contributed by atoms with Crippen molar-refractivity contribution >= 4 is 5.91 Å². The van der Waals surface area contributed by atoms with Crippen molar-refractivity contribution in [3.8, 4) is 11.4 Å². The molecule has 3 aromatic rings. The van der Waals surface area contributed by atoms with E-state index in [-0.39, 0.29) is 24.7 Å². The van der Waals surface area contributed by atoms with E-state index < -0.39 is 0 Å². The number of aromatic nitrogens is 4. The van der Waals surface area contributed by atoms with E-state index in [0.29, 0.717) is 11.5 Å². The van der Waals surface area contributed by atoms with E-state index >= 15 is 0 Å². The lowest BCUT2D eigenvalue weighted by Crippen LogP contribution is -2.26. The van der Waals surface area contributed by atoms with Gasteiger partial charge in [0, 0.05) is 0 Å². The first-order chi connectivity index (χ1) is 12.2. The molecule has 7 nitrogen and oxygen atoms in total. The third kappa shape index (κ3) is 4.17. The average molecular weight is 341 g/mol. The molecule has 0 aliphatic carbocycles. The van der Waals surface area contributed by atoms with Gasteiger partial charge >= 0.3 is 0 Å². The number of halogens is 1. The quantitative estimate of drug-likeness (QED) is 0.737. The number of carbonyl (C=O) groups is 1. The van der Waals surface area contributed by atoms with Gasteiger partial charge in [0.05, 0.1) is 25.8 Å². The number of carbonyl (C=O) groups excluding carboxylic acids is 1. The summed E-state index contributed by atoms with van der Waals surface area (Å²) >= 11 is 0. The summed E-state index contributed by atoms with van der Waals surface area (Å²) in [6.45, 7) is 0.137. The van der Waals surface area contributed by atoms with E-state index in [9.17, 15) is 9.18 Å². The van der Waals surface area contributed by atoms with Crippen molar-refractivity contribution in [1.82, 2.24) is 25.5 Å². The average Bonchev–Trinajstić information content (AvgIpc) is 3.09. The van der Waals surface area contributed by atoms with Crippen LogP contribution in [0.25, 0.3) is 5.69 Å². The number of tetrazole rings is 1. The van der Waals surface area contributed by atoms with Crippen LogP contribution in [0.3, 0.4) is 0 Å². The Balaban J connectivity index is 1.62. The van der Waals surface area contributed by atoms with Gasteiger partial charge in [0.25, 0.3) is 0 Å². The van der Waals surface area contributed by atoms with Gasteiger partial charge in [-0.2, -0.15) is 4.68 Å². The van der Waals surface area contributed by atoms with Gasteiger partial charge in [-0.05, 0) is 46.3 Å². The number of rotatable bonds is 6. The summed E-state index contributed by atoms with van der Waals surface area (Å²) in [4.78, 5) is 12.1. The summed E-state index contributed by atoms with van der Waals surface area (Å²) in [5.74, 6) is 0.591. The predicted octanol–water partition coefficient (Wildman–Crippen LogP) is 1.67. The highest BCUT2D eigenvalue weighted by Gasteiger charge is 2.11. The van der Waals surface area contributed by atoms with Crippen LogP contribution in [0.2, 0.25) is 0 Å². The molecule has 3 rings (SSSR count). The minimum Gasteiger partial charge on any atom is -0.497 e. The molecule has 0 unspecified atom stereocenters. The molecule has 8 heteroatoms. The minimum absolute atomic E-state index is 0.137. The largest absolute Gasteiger partial charge is 0.497 e. The third-order valence-electron chi connectivity index (χ3n) is 3.55. The lowest BCUT2D eigenvalue weighted by Gasteiger charge is -2.07. The second kappa shape index (κ2) is 7.52. The fraction of sp³-hybridized carbons (Fsp3) is 0.176. The molecule has 1 aromatic heterocycles. The SMILES string of the molecule is COc1ccc(CC(=O)NCc2nnnn2-c2cccc(F)c2)cc1. The van der Waals surface area contributed by atoms with Crippen molar-refractivity contribution in [1.29, 1.82) is 0 Å². The molecular formula is C17H16FN5O2. The van der Waals surface area contributed by atoms with E-state index in [1.54, 1.807) is 31.4 Å². The molecule has 0 bridgehead atoms. The number of ether oxygens (including phenoxy) is 1. The molecule has 1 heterocycles. The Morgan fingerprint density at radius 1 is 1.24 bits per heavy atom. The number of benzene rings is 2. The molecule has 1 amide bonds. The monoisotopic (exact) mass is 341 g/mol. The van der Waals surface area contributed by atoms with Gasteiger partial charge in [-0.3, -0.25) is 4.79 Å². The van der Waals surface area contributed by atoms with Gasteiger partial charge < -0.3 is 10.1 Å². The smallest absolute Gasteiger partial charge is 0.224 e. The van der Waals surface area contributed by atoms with Crippen LogP contribution in [0, 0.1) is 5.82 Å². The van der Waals surface area contributed by atoms with Gasteiger partial charge in [0.1, 0.15) is 11.6 Å². The Morgan fingerprint density at radius 3 is 2.76 bits per heavy atom. The van der Waals surface area contributed by atoms with Gasteiger partial charge in [-0.1, -0.05) is 18.2 Å². The maximum absolute atomic E-state index is 13.3. The summed E-state index contributed by atoms with van der Waals surface area (Å²) in [5.41, 5.74) is 1.35. The Bertz CT molecular complexity index is 863. The second-order valence-electron chi connectivity index (χ2n) is 5.29. The zero-order valence-corrected chi connectivity index (χ0v) is 13.5. The first-order valence-electron chi connectivity index (χ1n) is 7.58. The molecule has 0 aliphatic heterocycles. The Labute approximate surface area is 143 Å². The fourth-order valence-electron chi connectivity index (χ4n) is 2.29. The molecule has 0 fully saturated rings. The van der Waals surface area contributed by atoms with Crippen molar-refractivity contribution in [2.45, 2.75) is 13.0 Å². The standard InChI is InChI=1S/C17H16FN5O2/c1-25-15-7-5-12(6-8-15)9-17(24)19-11-16-20-21-22-23(16)14-4-2-3-13(18)10-14/h2-8,10H,9,11H2,1H3,(H,19,24). The van der Waals surface area contributed by atoms with Crippen molar-refractivity contribution in [2.24, 2.45) is 0 Å². The Hall–Kier alpha value is -3.29. The van der Waals surface area contributed by atoms with Crippen molar-refractivity contribution in [3.05, 3.63) is 65.7 Å². The number of hydrogen-bond donors (Lipinski definition) is 1. The van der Waals surface area contributed by atoms with Gasteiger partial charge in [0.15, 0.2) is 5.82 Å². The molecule has 0 saturated carbocycles. The fourth-order valence-corrected chi connectivity index (χ4v) is 2.29. The number of nitrogens with one attached hydrogen (secondary N) is 1. The van der Waals surface area contributed by atoms with E-state index in [1.807, 2.05) is 12.1 Å². The lowest BCUT2D eigenvalue weighted by atomic mass is 10.1. The molecule has 2 aromatic carbocycles. The molecule has 0 spiro atoms. The Kier molecular flexibility index (Phi) is 4.98. The molecule has 0 atom stereocenters. The van der Waals surface area contributed by atoms with Crippen LogP contribution in [-0.2, 0) is 17.8 Å². The maximum atomic E-state index is 13.3. The summed E-state index contributed by atoms with van der Waals surface area (Å²) < 4.78 is 19.8. The zero-order valence-electron chi connectivity index (χ0n) is 13.5. The van der Waals surface area contributed by atoms with Crippen LogP contribution in [-0.4, -0.2) is 33.2 Å². The van der Waals surface area contributed by atoms with E-state index in [2.05, 4.69) is 20.8 Å². The van der Waals surface area contributed by atoms with Crippen LogP contribution in [0.4, 0.5) is 4.39 Å². The summed E-state index contributed by atoms with van der Waals surface area (Å²) in [6.07, 6.45) is 0.228. The number of hydrogen-bond acceptors (Lipinski definition) is 5. The van der Waals surface area contributed by atoms with Gasteiger partial charge in [-0.25, -0.2) is 4.39 Å². The normalized spacial score (nSPS) is 10.5. The summed E-state index contributed by atoms with van der Waals surface area (Å²) in [5, 5.41) is 14.0. The molecule has 128 valence electrons. The maximum Gasteiger partial charge on any atom is 0.224 e. The molecule has 25 heavy (non-hydrogen) atoms. The minimum atomic E-state index is -0.387. The number of methoxy groups -OCH3 is 1. The van der Waals surface area contributed by atoms with Gasteiger partial charge in [-0.15, -0.1) is 5.10 Å². The highest BCUT2D eigenvalue weighted by Crippen LogP contribution is 2.12. The molecule has 1 N–H and O–H groups in total. The first kappa shape index (κ1) is 16.6. The van der Waals surface area contributed by atoms with Crippen LogP contribution < -0.4 is 10.1 Å². The lowest BCUT2D eigenvalue weighted by molar-refractivity contribution is -0.120. The number of amides is 1. The first-order valence-corrected chi connectivity index (χ1v) is 7.58. The molecule has 0 radical (unpaired) electrons. The number of nitrogens with zero attached hydrogens (tertiary/aromatic N) is 4. The third-order valence-corrected chi connectivity index (χ3v) is 3.55. The van der Waals surface area contributed by atoms with Crippen molar-refractivity contribution < 1.29 is 13.9 Å².